The highest BCUT2D eigenvalue weighted by Gasteiger charge is 2.46. The minimum atomic E-state index is -0.690. The van der Waals surface area contributed by atoms with E-state index in [4.69, 9.17) is 0 Å². The second kappa shape index (κ2) is 6.12. The van der Waals surface area contributed by atoms with Gasteiger partial charge in [0.2, 0.25) is 0 Å². The molecule has 0 bridgehead atoms. The van der Waals surface area contributed by atoms with Gasteiger partial charge in [0, 0.05) is 12.6 Å². The van der Waals surface area contributed by atoms with Gasteiger partial charge in [0.05, 0.1) is 0 Å². The number of carbonyl (C=O) groups excluding carboxylic acids is 2. The molecule has 1 N–H and O–H groups in total. The second-order valence-corrected chi connectivity index (χ2v) is 6.39. The maximum absolute atomic E-state index is 12.4. The number of nitrogens with one attached hydrogen (secondary N) is 1. The van der Waals surface area contributed by atoms with Crippen molar-refractivity contribution < 1.29 is 9.59 Å². The van der Waals surface area contributed by atoms with Crippen LogP contribution in [-0.2, 0) is 4.79 Å². The molecule has 2 rings (SSSR count). The molecule has 5 heteroatoms. The van der Waals surface area contributed by atoms with Crippen molar-refractivity contribution >= 4 is 11.9 Å². The van der Waals surface area contributed by atoms with Gasteiger partial charge in [-0.3, -0.25) is 9.69 Å². The quantitative estimate of drug-likeness (QED) is 0.784. The molecule has 5 nitrogen and oxygen atoms in total. The number of urea groups is 1. The summed E-state index contributed by atoms with van der Waals surface area (Å²) in [4.78, 5) is 28.2. The van der Waals surface area contributed by atoms with Crippen LogP contribution in [0.3, 0.4) is 0 Å². The van der Waals surface area contributed by atoms with Crippen molar-refractivity contribution in [3.05, 3.63) is 0 Å². The Morgan fingerprint density at radius 1 is 1.35 bits per heavy atom. The first-order chi connectivity index (χ1) is 9.48. The van der Waals surface area contributed by atoms with Gasteiger partial charge in [-0.05, 0) is 46.2 Å². The Kier molecular flexibility index (Phi) is 4.68. The number of hydrogen-bond donors (Lipinski definition) is 1. The van der Waals surface area contributed by atoms with Crippen molar-refractivity contribution in [1.29, 1.82) is 0 Å². The Bertz CT molecular complexity index is 385. The summed E-state index contributed by atoms with van der Waals surface area (Å²) in [6, 6.07) is 0.284. The van der Waals surface area contributed by atoms with E-state index >= 15 is 0 Å². The van der Waals surface area contributed by atoms with E-state index in [1.807, 2.05) is 13.8 Å². The number of carbonyl (C=O) groups is 2. The Morgan fingerprint density at radius 2 is 2.10 bits per heavy atom. The molecule has 114 valence electrons. The average Bonchev–Trinajstić information content (AvgIpc) is 2.60. The van der Waals surface area contributed by atoms with Gasteiger partial charge < -0.3 is 10.2 Å². The van der Waals surface area contributed by atoms with E-state index in [1.54, 1.807) is 0 Å². The number of hydrogen-bond acceptors (Lipinski definition) is 3. The van der Waals surface area contributed by atoms with Crippen LogP contribution >= 0.6 is 0 Å². The summed E-state index contributed by atoms with van der Waals surface area (Å²) in [6.07, 6.45) is 6.16. The number of likely N-dealkylation sites (tertiary alicyclic amines) is 1. The molecule has 0 aromatic carbocycles. The molecule has 0 aliphatic carbocycles. The van der Waals surface area contributed by atoms with E-state index in [-0.39, 0.29) is 11.9 Å². The summed E-state index contributed by atoms with van der Waals surface area (Å²) < 4.78 is 0. The fourth-order valence-corrected chi connectivity index (χ4v) is 3.41. The minimum Gasteiger partial charge on any atom is -0.323 e. The minimum absolute atomic E-state index is 0.0530. The smallest absolute Gasteiger partial charge is 0.323 e. The van der Waals surface area contributed by atoms with Crippen LogP contribution in [0.5, 0.6) is 0 Å². The van der Waals surface area contributed by atoms with E-state index in [0.717, 1.165) is 19.4 Å². The van der Waals surface area contributed by atoms with Gasteiger partial charge in [0.15, 0.2) is 0 Å². The summed E-state index contributed by atoms with van der Waals surface area (Å²) in [6.45, 7) is 5.53. The van der Waals surface area contributed by atoms with Gasteiger partial charge in [0.25, 0.3) is 5.91 Å². The van der Waals surface area contributed by atoms with Crippen LogP contribution in [0.2, 0.25) is 0 Å². The molecule has 0 spiro atoms. The first kappa shape index (κ1) is 15.3. The van der Waals surface area contributed by atoms with Crippen molar-refractivity contribution in [3.63, 3.8) is 0 Å². The molecule has 3 amide bonds. The normalized spacial score (nSPS) is 31.8. The fraction of sp³-hybridized carbons (Fsp3) is 0.867. The number of rotatable bonds is 5. The summed E-state index contributed by atoms with van der Waals surface area (Å²) in [5, 5.41) is 2.85. The Balaban J connectivity index is 1.92. The summed E-state index contributed by atoms with van der Waals surface area (Å²) in [5.74, 6) is -0.0530. The third-order valence-corrected chi connectivity index (χ3v) is 4.70. The molecule has 0 aromatic rings. The van der Waals surface area contributed by atoms with Crippen molar-refractivity contribution in [2.45, 2.75) is 64.0 Å². The zero-order valence-corrected chi connectivity index (χ0v) is 12.9. The SMILES string of the molecule is CCC[C@]1(C)NC(=O)N(CC[C@@H]2CCCCN2C)C1=O. The van der Waals surface area contributed by atoms with Crippen molar-refractivity contribution in [3.8, 4) is 0 Å². The van der Waals surface area contributed by atoms with Gasteiger partial charge in [-0.1, -0.05) is 19.8 Å². The highest BCUT2D eigenvalue weighted by molar-refractivity contribution is 6.06. The van der Waals surface area contributed by atoms with Gasteiger partial charge in [-0.2, -0.15) is 0 Å². The topological polar surface area (TPSA) is 52.7 Å². The molecule has 2 fully saturated rings. The highest BCUT2D eigenvalue weighted by atomic mass is 16.2. The Morgan fingerprint density at radius 3 is 2.75 bits per heavy atom. The first-order valence-electron chi connectivity index (χ1n) is 7.82. The van der Waals surface area contributed by atoms with Gasteiger partial charge in [-0.25, -0.2) is 4.79 Å². The molecule has 2 heterocycles. The van der Waals surface area contributed by atoms with Gasteiger partial charge in [0.1, 0.15) is 5.54 Å². The van der Waals surface area contributed by atoms with Crippen LogP contribution in [0.4, 0.5) is 4.79 Å². The lowest BCUT2D eigenvalue weighted by Gasteiger charge is -2.33. The van der Waals surface area contributed by atoms with Crippen molar-refractivity contribution in [2.24, 2.45) is 0 Å². The molecule has 2 saturated heterocycles. The average molecular weight is 281 g/mol. The maximum Gasteiger partial charge on any atom is 0.325 e. The summed E-state index contributed by atoms with van der Waals surface area (Å²) in [7, 11) is 2.14. The molecule has 2 aliphatic heterocycles. The maximum atomic E-state index is 12.4. The van der Waals surface area contributed by atoms with Crippen LogP contribution in [0.15, 0.2) is 0 Å². The highest BCUT2D eigenvalue weighted by Crippen LogP contribution is 2.24. The van der Waals surface area contributed by atoms with E-state index in [1.165, 1.54) is 24.2 Å². The number of imide groups is 1. The summed E-state index contributed by atoms with van der Waals surface area (Å²) in [5.41, 5.74) is -0.690. The zero-order chi connectivity index (χ0) is 14.8. The van der Waals surface area contributed by atoms with E-state index < -0.39 is 5.54 Å². The third kappa shape index (κ3) is 2.97. The number of nitrogens with zero attached hydrogens (tertiary/aromatic N) is 2. The largest absolute Gasteiger partial charge is 0.325 e. The molecule has 0 unspecified atom stereocenters. The monoisotopic (exact) mass is 281 g/mol. The van der Waals surface area contributed by atoms with Gasteiger partial charge in [-0.15, -0.1) is 0 Å². The standard InChI is InChI=1S/C15H27N3O2/c1-4-9-15(2)13(19)18(14(20)16-15)11-8-12-7-5-6-10-17(12)3/h12H,4-11H2,1-3H3,(H,16,20)/t12-,15-/m0/s1. The first-order valence-corrected chi connectivity index (χ1v) is 7.82. The second-order valence-electron chi connectivity index (χ2n) is 6.39. The van der Waals surface area contributed by atoms with Crippen LogP contribution in [0.25, 0.3) is 0 Å². The van der Waals surface area contributed by atoms with Crippen LogP contribution < -0.4 is 5.32 Å². The van der Waals surface area contributed by atoms with Crippen molar-refractivity contribution in [1.82, 2.24) is 15.1 Å². The zero-order valence-electron chi connectivity index (χ0n) is 12.9. The predicted molar refractivity (Wildman–Crippen MR) is 78.4 cm³/mol. The molecule has 2 atom stereocenters. The molecular weight excluding hydrogens is 254 g/mol. The van der Waals surface area contributed by atoms with E-state index in [9.17, 15) is 9.59 Å². The lowest BCUT2D eigenvalue weighted by atomic mass is 9.96. The molecule has 2 aliphatic rings. The third-order valence-electron chi connectivity index (χ3n) is 4.70. The molecule has 0 radical (unpaired) electrons. The Hall–Kier alpha value is -1.10. The van der Waals surface area contributed by atoms with E-state index in [2.05, 4.69) is 17.3 Å². The molecular formula is C15H27N3O2. The number of amides is 3. The fourth-order valence-electron chi connectivity index (χ4n) is 3.41. The van der Waals surface area contributed by atoms with Crippen molar-refractivity contribution in [2.75, 3.05) is 20.1 Å². The summed E-state index contributed by atoms with van der Waals surface area (Å²) >= 11 is 0. The predicted octanol–water partition coefficient (Wildman–Crippen LogP) is 1.97. The van der Waals surface area contributed by atoms with Gasteiger partial charge >= 0.3 is 6.03 Å². The van der Waals surface area contributed by atoms with E-state index in [0.29, 0.717) is 19.0 Å². The lowest BCUT2D eigenvalue weighted by Crippen LogP contribution is -2.44. The molecule has 20 heavy (non-hydrogen) atoms. The Labute approximate surface area is 121 Å². The van der Waals surface area contributed by atoms with Crippen LogP contribution in [0, 0.1) is 0 Å². The number of piperidine rings is 1. The lowest BCUT2D eigenvalue weighted by molar-refractivity contribution is -0.131. The van der Waals surface area contributed by atoms with Crippen LogP contribution in [0.1, 0.15) is 52.4 Å². The van der Waals surface area contributed by atoms with Crippen LogP contribution in [-0.4, -0.2) is 53.5 Å². The molecule has 0 aromatic heterocycles. The molecule has 0 saturated carbocycles.